The van der Waals surface area contributed by atoms with Crippen molar-refractivity contribution in [2.24, 2.45) is 11.3 Å². The Bertz CT molecular complexity index is 520. The summed E-state index contributed by atoms with van der Waals surface area (Å²) < 4.78 is 0. The fourth-order valence-corrected chi connectivity index (χ4v) is 4.05. The van der Waals surface area contributed by atoms with Gasteiger partial charge in [-0.05, 0) is 44.2 Å². The van der Waals surface area contributed by atoms with E-state index in [2.05, 4.69) is 41.8 Å². The first-order valence-corrected chi connectivity index (χ1v) is 8.25. The number of rotatable bonds is 4. The van der Waals surface area contributed by atoms with E-state index in [9.17, 15) is 4.79 Å². The van der Waals surface area contributed by atoms with Crippen LogP contribution in [0.5, 0.6) is 0 Å². The van der Waals surface area contributed by atoms with Crippen LogP contribution in [0.15, 0.2) is 24.3 Å². The Morgan fingerprint density at radius 1 is 1.41 bits per heavy atom. The minimum atomic E-state index is -0.120. The molecule has 0 radical (unpaired) electrons. The zero-order valence-electron chi connectivity index (χ0n) is 13.4. The zero-order valence-corrected chi connectivity index (χ0v) is 14.2. The molecule has 1 saturated heterocycles. The monoisotopic (exact) mass is 322 g/mol. The molecule has 2 N–H and O–H groups in total. The van der Waals surface area contributed by atoms with Crippen molar-refractivity contribution in [2.75, 3.05) is 19.6 Å². The Balaban J connectivity index is 0.00000176. The van der Waals surface area contributed by atoms with Crippen LogP contribution < -0.4 is 10.6 Å². The van der Waals surface area contributed by atoms with Crippen LogP contribution in [0, 0.1) is 18.3 Å². The van der Waals surface area contributed by atoms with E-state index in [0.29, 0.717) is 5.92 Å². The molecule has 0 spiro atoms. The molecule has 1 saturated carbocycles. The summed E-state index contributed by atoms with van der Waals surface area (Å²) >= 11 is 0. The Morgan fingerprint density at radius 2 is 2.27 bits per heavy atom. The largest absolute Gasteiger partial charge is 0.355 e. The summed E-state index contributed by atoms with van der Waals surface area (Å²) in [6, 6.07) is 8.53. The lowest BCUT2D eigenvalue weighted by Crippen LogP contribution is -2.48. The average molecular weight is 323 g/mol. The van der Waals surface area contributed by atoms with Crippen molar-refractivity contribution in [2.45, 2.75) is 39.0 Å². The first kappa shape index (κ1) is 17.3. The van der Waals surface area contributed by atoms with Crippen molar-refractivity contribution in [3.05, 3.63) is 35.4 Å². The van der Waals surface area contributed by atoms with E-state index in [4.69, 9.17) is 0 Å². The van der Waals surface area contributed by atoms with Crippen molar-refractivity contribution in [1.82, 2.24) is 10.6 Å². The molecular weight excluding hydrogens is 296 g/mol. The van der Waals surface area contributed by atoms with E-state index in [-0.39, 0.29) is 23.7 Å². The van der Waals surface area contributed by atoms with Crippen LogP contribution in [-0.2, 0) is 11.2 Å². The van der Waals surface area contributed by atoms with Gasteiger partial charge in [-0.25, -0.2) is 0 Å². The number of hydrogen-bond acceptors (Lipinski definition) is 2. The number of halogens is 1. The molecule has 1 amide bonds. The Kier molecular flexibility index (Phi) is 5.87. The number of nitrogens with one attached hydrogen (secondary N) is 2. The van der Waals surface area contributed by atoms with Gasteiger partial charge in [-0.15, -0.1) is 12.4 Å². The highest BCUT2D eigenvalue weighted by atomic mass is 35.5. The number of aryl methyl sites for hydroxylation is 1. The molecule has 1 aliphatic carbocycles. The van der Waals surface area contributed by atoms with Crippen molar-refractivity contribution >= 4 is 18.3 Å². The third-order valence-corrected chi connectivity index (χ3v) is 5.27. The maximum absolute atomic E-state index is 12.7. The Labute approximate surface area is 139 Å². The molecule has 3 rings (SSSR count). The number of hydrogen-bond donors (Lipinski definition) is 2. The number of carbonyl (C=O) groups excluding carboxylic acids is 1. The van der Waals surface area contributed by atoms with Gasteiger partial charge in [0.05, 0.1) is 5.41 Å². The van der Waals surface area contributed by atoms with Gasteiger partial charge in [0.2, 0.25) is 5.91 Å². The van der Waals surface area contributed by atoms with Gasteiger partial charge in [0, 0.05) is 13.1 Å². The SMILES string of the molecule is Cc1cccc(CCNC(=O)[C@@]23CCCC[C@H]2CNC3)c1.Cl. The van der Waals surface area contributed by atoms with Gasteiger partial charge in [-0.1, -0.05) is 42.7 Å². The molecule has 4 heteroatoms. The normalized spacial score (nSPS) is 26.9. The molecule has 2 aliphatic rings. The second-order valence-corrected chi connectivity index (χ2v) is 6.72. The molecule has 0 unspecified atom stereocenters. The van der Waals surface area contributed by atoms with Crippen LogP contribution in [-0.4, -0.2) is 25.5 Å². The quantitative estimate of drug-likeness (QED) is 0.895. The molecule has 1 aromatic rings. The lowest BCUT2D eigenvalue weighted by Gasteiger charge is -2.37. The second kappa shape index (κ2) is 7.47. The minimum Gasteiger partial charge on any atom is -0.355 e. The first-order chi connectivity index (χ1) is 10.2. The molecule has 1 aromatic carbocycles. The zero-order chi connectivity index (χ0) is 14.7. The highest BCUT2D eigenvalue weighted by Gasteiger charge is 2.49. The van der Waals surface area contributed by atoms with Crippen LogP contribution in [0.3, 0.4) is 0 Å². The summed E-state index contributed by atoms with van der Waals surface area (Å²) in [6.07, 6.45) is 5.66. The number of benzene rings is 1. The van der Waals surface area contributed by atoms with E-state index in [1.54, 1.807) is 0 Å². The van der Waals surface area contributed by atoms with Gasteiger partial charge in [-0.2, -0.15) is 0 Å². The fourth-order valence-electron chi connectivity index (χ4n) is 4.05. The van der Waals surface area contributed by atoms with E-state index < -0.39 is 0 Å². The maximum Gasteiger partial charge on any atom is 0.227 e. The van der Waals surface area contributed by atoms with Gasteiger partial charge < -0.3 is 10.6 Å². The molecule has 2 atom stereocenters. The topological polar surface area (TPSA) is 41.1 Å². The van der Waals surface area contributed by atoms with Crippen LogP contribution in [0.2, 0.25) is 0 Å². The Hall–Kier alpha value is -1.06. The predicted octanol–water partition coefficient (Wildman–Crippen LogP) is 2.86. The van der Waals surface area contributed by atoms with E-state index >= 15 is 0 Å². The van der Waals surface area contributed by atoms with Crippen LogP contribution in [0.25, 0.3) is 0 Å². The predicted molar refractivity (Wildman–Crippen MR) is 92.4 cm³/mol. The third-order valence-electron chi connectivity index (χ3n) is 5.27. The average Bonchev–Trinajstić information content (AvgIpc) is 2.92. The summed E-state index contributed by atoms with van der Waals surface area (Å²) in [5.74, 6) is 0.829. The highest BCUT2D eigenvalue weighted by Crippen LogP contribution is 2.43. The van der Waals surface area contributed by atoms with E-state index in [1.165, 1.54) is 30.4 Å². The standard InChI is InChI=1S/C18H26N2O.ClH/c1-14-5-4-6-15(11-14)8-10-20-17(21)18-9-3-2-7-16(18)12-19-13-18;/h4-6,11,16,19H,2-3,7-10,12-13H2,1H3,(H,20,21);1H/t16-,18+;/m0./s1. The van der Waals surface area contributed by atoms with Crippen molar-refractivity contribution in [1.29, 1.82) is 0 Å². The number of amides is 1. The molecule has 1 heterocycles. The number of carbonyl (C=O) groups is 1. The molecule has 3 nitrogen and oxygen atoms in total. The van der Waals surface area contributed by atoms with Crippen LogP contribution in [0.4, 0.5) is 0 Å². The van der Waals surface area contributed by atoms with Gasteiger partial charge in [-0.3, -0.25) is 4.79 Å². The van der Waals surface area contributed by atoms with E-state index in [0.717, 1.165) is 32.5 Å². The molecule has 22 heavy (non-hydrogen) atoms. The first-order valence-electron chi connectivity index (χ1n) is 8.25. The minimum absolute atomic E-state index is 0. The molecule has 0 bridgehead atoms. The highest BCUT2D eigenvalue weighted by molar-refractivity contribution is 5.85. The van der Waals surface area contributed by atoms with Gasteiger partial charge in [0.1, 0.15) is 0 Å². The van der Waals surface area contributed by atoms with Gasteiger partial charge in [0.25, 0.3) is 0 Å². The van der Waals surface area contributed by atoms with Crippen molar-refractivity contribution in [3.63, 3.8) is 0 Å². The summed E-state index contributed by atoms with van der Waals surface area (Å²) in [5.41, 5.74) is 2.47. The van der Waals surface area contributed by atoms with Gasteiger partial charge in [0.15, 0.2) is 0 Å². The summed E-state index contributed by atoms with van der Waals surface area (Å²) in [7, 11) is 0. The lowest BCUT2D eigenvalue weighted by molar-refractivity contribution is -0.133. The summed E-state index contributed by atoms with van der Waals surface area (Å²) in [4.78, 5) is 12.7. The molecule has 1 aliphatic heterocycles. The third kappa shape index (κ3) is 3.47. The maximum atomic E-state index is 12.7. The fraction of sp³-hybridized carbons (Fsp3) is 0.611. The lowest BCUT2D eigenvalue weighted by atomic mass is 9.67. The smallest absolute Gasteiger partial charge is 0.227 e. The van der Waals surface area contributed by atoms with Crippen molar-refractivity contribution < 1.29 is 4.79 Å². The molecule has 0 aromatic heterocycles. The molecule has 122 valence electrons. The van der Waals surface area contributed by atoms with Crippen LogP contribution in [0.1, 0.15) is 36.8 Å². The summed E-state index contributed by atoms with van der Waals surface area (Å²) in [5, 5.41) is 6.64. The second-order valence-electron chi connectivity index (χ2n) is 6.72. The van der Waals surface area contributed by atoms with Gasteiger partial charge >= 0.3 is 0 Å². The Morgan fingerprint density at radius 3 is 3.09 bits per heavy atom. The van der Waals surface area contributed by atoms with E-state index in [1.807, 2.05) is 0 Å². The van der Waals surface area contributed by atoms with Crippen molar-refractivity contribution in [3.8, 4) is 0 Å². The number of fused-ring (bicyclic) bond motifs is 1. The molecule has 2 fully saturated rings. The summed E-state index contributed by atoms with van der Waals surface area (Å²) in [6.45, 7) is 4.74. The molecular formula is C18H27ClN2O. The van der Waals surface area contributed by atoms with Crippen LogP contribution >= 0.6 is 12.4 Å².